The highest BCUT2D eigenvalue weighted by Gasteiger charge is 2.61. The van der Waals surface area contributed by atoms with E-state index in [4.69, 9.17) is 14.2 Å². The van der Waals surface area contributed by atoms with E-state index in [1.165, 1.54) is 0 Å². The molecule has 2 saturated heterocycles. The van der Waals surface area contributed by atoms with Crippen LogP contribution in [-0.4, -0.2) is 23.6 Å². The molecule has 4 aliphatic rings. The second kappa shape index (κ2) is 8.18. The van der Waals surface area contributed by atoms with Crippen molar-refractivity contribution in [1.82, 2.24) is 0 Å². The summed E-state index contributed by atoms with van der Waals surface area (Å²) in [6.45, 7) is 8.14. The van der Waals surface area contributed by atoms with Crippen molar-refractivity contribution < 1.29 is 23.8 Å². The summed E-state index contributed by atoms with van der Waals surface area (Å²) >= 11 is 0. The van der Waals surface area contributed by atoms with Gasteiger partial charge in [0.25, 0.3) is 0 Å². The zero-order chi connectivity index (χ0) is 21.5. The Kier molecular flexibility index (Phi) is 5.75. The molecule has 5 heteroatoms. The quantitative estimate of drug-likeness (QED) is 0.453. The summed E-state index contributed by atoms with van der Waals surface area (Å²) < 4.78 is 17.7. The van der Waals surface area contributed by atoms with Crippen LogP contribution >= 0.6 is 0 Å². The molecule has 5 rings (SSSR count). The number of fused-ring (bicyclic) bond motifs is 2. The molecule has 1 aromatic carbocycles. The highest BCUT2D eigenvalue weighted by atomic mass is 16.6. The third-order valence-corrected chi connectivity index (χ3v) is 7.09. The first kappa shape index (κ1) is 21.1. The van der Waals surface area contributed by atoms with Crippen molar-refractivity contribution >= 4 is 18.0 Å². The predicted octanol–water partition coefficient (Wildman–Crippen LogP) is 5.23. The largest absolute Gasteiger partial charge is 0.457 e. The van der Waals surface area contributed by atoms with Crippen LogP contribution in [0.2, 0.25) is 0 Å². The minimum absolute atomic E-state index is 0.138. The fourth-order valence-electron chi connectivity index (χ4n) is 5.30. The molecule has 0 aromatic heterocycles. The number of ether oxygens (including phenoxy) is 3. The molecule has 5 nitrogen and oxygen atoms in total. The molecule has 0 N–H and O–H groups in total. The maximum absolute atomic E-state index is 13.0. The first-order chi connectivity index (χ1) is 14.4. The van der Waals surface area contributed by atoms with Gasteiger partial charge in [-0.15, -0.1) is 0 Å². The molecule has 0 amide bonds. The standard InChI is InChI=1S/C25H32O5/c1-5-17(15(3)4)23(26)28-21-11-7-10-19-18(21)9-8-12-22(19)29-24(27)20-13-16-14-25(20,6-2)30-16/h7-11,15-17,20,22H,5-6,12-14H2,1-4H3/t16-,17?,20?,22?,25?/m1/s1. The van der Waals surface area contributed by atoms with Gasteiger partial charge in [0.05, 0.1) is 23.5 Å². The molecule has 4 unspecified atom stereocenters. The summed E-state index contributed by atoms with van der Waals surface area (Å²) in [5, 5.41) is 0. The van der Waals surface area contributed by atoms with Crippen LogP contribution in [0.15, 0.2) is 24.3 Å². The lowest BCUT2D eigenvalue weighted by Crippen LogP contribution is -2.46. The van der Waals surface area contributed by atoms with Crippen LogP contribution in [0.25, 0.3) is 6.08 Å². The molecule has 0 spiro atoms. The fraction of sp³-hybridized carbons (Fsp3) is 0.600. The zero-order valence-corrected chi connectivity index (χ0v) is 18.4. The Morgan fingerprint density at radius 3 is 2.70 bits per heavy atom. The molecule has 2 heterocycles. The lowest BCUT2D eigenvalue weighted by molar-refractivity contribution is -0.184. The minimum atomic E-state index is -0.366. The van der Waals surface area contributed by atoms with E-state index in [0.717, 1.165) is 36.8 Å². The first-order valence-corrected chi connectivity index (χ1v) is 11.3. The van der Waals surface area contributed by atoms with Crippen molar-refractivity contribution in [3.63, 3.8) is 0 Å². The Balaban J connectivity index is 1.51. The second-order valence-electron chi connectivity index (χ2n) is 9.15. The Hall–Kier alpha value is -2.14. The average molecular weight is 413 g/mol. The molecular formula is C25H32O5. The summed E-state index contributed by atoms with van der Waals surface area (Å²) in [5.41, 5.74) is 1.40. The van der Waals surface area contributed by atoms with Crippen molar-refractivity contribution in [2.75, 3.05) is 0 Å². The average Bonchev–Trinajstić information content (AvgIpc) is 3.25. The first-order valence-electron chi connectivity index (χ1n) is 11.3. The van der Waals surface area contributed by atoms with Gasteiger partial charge in [0.2, 0.25) is 0 Å². The van der Waals surface area contributed by atoms with E-state index in [0.29, 0.717) is 12.2 Å². The van der Waals surface area contributed by atoms with Crippen molar-refractivity contribution in [2.24, 2.45) is 17.8 Å². The number of hydrogen-bond acceptors (Lipinski definition) is 5. The van der Waals surface area contributed by atoms with Gasteiger partial charge < -0.3 is 14.2 Å². The van der Waals surface area contributed by atoms with E-state index in [1.807, 2.05) is 51.1 Å². The van der Waals surface area contributed by atoms with E-state index in [9.17, 15) is 9.59 Å². The Morgan fingerprint density at radius 1 is 1.27 bits per heavy atom. The van der Waals surface area contributed by atoms with Gasteiger partial charge in [-0.25, -0.2) is 0 Å². The molecule has 2 aliphatic carbocycles. The molecule has 1 saturated carbocycles. The van der Waals surface area contributed by atoms with Gasteiger partial charge >= 0.3 is 11.9 Å². The van der Waals surface area contributed by atoms with Crippen LogP contribution in [0.4, 0.5) is 0 Å². The van der Waals surface area contributed by atoms with Gasteiger partial charge in [-0.3, -0.25) is 9.59 Å². The Labute approximate surface area is 178 Å². The molecule has 30 heavy (non-hydrogen) atoms. The SMILES string of the molecule is CCC(C(=O)Oc1cccc2c1C=CCC2OC(=O)C1C[C@@H]2CC1(CC)O2)C(C)C. The van der Waals surface area contributed by atoms with Crippen LogP contribution in [0.5, 0.6) is 5.75 Å². The number of rotatable bonds is 7. The van der Waals surface area contributed by atoms with Crippen LogP contribution in [0.1, 0.15) is 77.0 Å². The molecule has 3 fully saturated rings. The smallest absolute Gasteiger partial charge is 0.314 e. The highest BCUT2D eigenvalue weighted by molar-refractivity contribution is 5.78. The van der Waals surface area contributed by atoms with Crippen molar-refractivity contribution in [1.29, 1.82) is 0 Å². The van der Waals surface area contributed by atoms with E-state index in [1.54, 1.807) is 0 Å². The van der Waals surface area contributed by atoms with Crippen LogP contribution in [0.3, 0.4) is 0 Å². The highest BCUT2D eigenvalue weighted by Crippen LogP contribution is 2.54. The van der Waals surface area contributed by atoms with E-state index in [2.05, 4.69) is 6.92 Å². The number of hydrogen-bond donors (Lipinski definition) is 0. The molecular weight excluding hydrogens is 380 g/mol. The van der Waals surface area contributed by atoms with Crippen molar-refractivity contribution in [3.8, 4) is 5.75 Å². The summed E-state index contributed by atoms with van der Waals surface area (Å²) in [6, 6.07) is 5.62. The van der Waals surface area contributed by atoms with Gasteiger partial charge in [0, 0.05) is 24.0 Å². The molecule has 2 aliphatic heterocycles. The van der Waals surface area contributed by atoms with E-state index < -0.39 is 0 Å². The van der Waals surface area contributed by atoms with Gasteiger partial charge in [-0.05, 0) is 31.2 Å². The van der Waals surface area contributed by atoms with E-state index in [-0.39, 0.29) is 47.5 Å². The number of carbonyl (C=O) groups excluding carboxylic acids is 2. The maximum Gasteiger partial charge on any atom is 0.314 e. The number of benzene rings is 1. The number of carbonyl (C=O) groups is 2. The van der Waals surface area contributed by atoms with Gasteiger partial charge in [-0.2, -0.15) is 0 Å². The van der Waals surface area contributed by atoms with Crippen LogP contribution in [0, 0.1) is 17.8 Å². The van der Waals surface area contributed by atoms with Crippen molar-refractivity contribution in [2.45, 2.75) is 77.6 Å². The molecule has 0 radical (unpaired) electrons. The van der Waals surface area contributed by atoms with Crippen LogP contribution in [-0.2, 0) is 19.1 Å². The normalized spacial score (nSPS) is 29.8. The van der Waals surface area contributed by atoms with Gasteiger partial charge in [-0.1, -0.05) is 52.0 Å². The Bertz CT molecular complexity index is 849. The third-order valence-electron chi connectivity index (χ3n) is 7.09. The molecule has 1 aromatic rings. The third kappa shape index (κ3) is 3.58. The van der Waals surface area contributed by atoms with E-state index >= 15 is 0 Å². The molecule has 162 valence electrons. The summed E-state index contributed by atoms with van der Waals surface area (Å²) in [7, 11) is 0. The molecule has 5 atom stereocenters. The molecule has 2 bridgehead atoms. The van der Waals surface area contributed by atoms with Gasteiger partial charge in [0.15, 0.2) is 0 Å². The lowest BCUT2D eigenvalue weighted by atomic mass is 9.86. The topological polar surface area (TPSA) is 61.8 Å². The minimum Gasteiger partial charge on any atom is -0.457 e. The van der Waals surface area contributed by atoms with Gasteiger partial charge in [0.1, 0.15) is 11.9 Å². The lowest BCUT2D eigenvalue weighted by Gasteiger charge is -2.40. The van der Waals surface area contributed by atoms with Crippen LogP contribution < -0.4 is 4.74 Å². The second-order valence-corrected chi connectivity index (χ2v) is 9.15. The maximum atomic E-state index is 13.0. The summed E-state index contributed by atoms with van der Waals surface area (Å²) in [5.74, 6) is 0.0556. The monoisotopic (exact) mass is 412 g/mol. The van der Waals surface area contributed by atoms with Crippen molar-refractivity contribution in [3.05, 3.63) is 35.4 Å². The Morgan fingerprint density at radius 2 is 2.03 bits per heavy atom. The summed E-state index contributed by atoms with van der Waals surface area (Å²) in [6.07, 6.45) is 7.70. The predicted molar refractivity (Wildman–Crippen MR) is 114 cm³/mol. The zero-order valence-electron chi connectivity index (χ0n) is 18.4. The number of esters is 2. The summed E-state index contributed by atoms with van der Waals surface area (Å²) in [4.78, 5) is 25.6. The fourth-order valence-corrected chi connectivity index (χ4v) is 5.30.